The topological polar surface area (TPSA) is 76.1 Å². The number of nitrogens with zero attached hydrogens (tertiary/aromatic N) is 1. The molecule has 0 spiro atoms. The zero-order valence-corrected chi connectivity index (χ0v) is 15.1. The van der Waals surface area contributed by atoms with Gasteiger partial charge in [0.25, 0.3) is 5.91 Å². The molecule has 2 atom stereocenters. The number of carbonyl (C=O) groups excluding carboxylic acids is 1. The molecular weight excluding hydrogens is 354 g/mol. The van der Waals surface area contributed by atoms with E-state index in [-0.39, 0.29) is 18.4 Å². The number of carboxylic acids is 1. The highest BCUT2D eigenvalue weighted by Crippen LogP contribution is 2.37. The van der Waals surface area contributed by atoms with Crippen molar-refractivity contribution in [3.8, 4) is 21.9 Å². The summed E-state index contributed by atoms with van der Waals surface area (Å²) in [6.45, 7) is 3.71. The Kier molecular flexibility index (Phi) is 4.32. The summed E-state index contributed by atoms with van der Waals surface area (Å²) < 4.78 is 11.2. The van der Waals surface area contributed by atoms with E-state index in [1.54, 1.807) is 11.0 Å². The molecule has 0 radical (unpaired) electrons. The molecule has 2 aliphatic heterocycles. The first-order chi connectivity index (χ1) is 12.5. The van der Waals surface area contributed by atoms with Crippen LogP contribution in [0.25, 0.3) is 10.4 Å². The molecule has 1 fully saturated rings. The van der Waals surface area contributed by atoms with Gasteiger partial charge in [0.05, 0.1) is 10.8 Å². The summed E-state index contributed by atoms with van der Waals surface area (Å²) in [6.07, 6.45) is 0. The molecule has 2 aromatic rings. The van der Waals surface area contributed by atoms with Crippen LogP contribution in [0.4, 0.5) is 0 Å². The number of amides is 1. The number of thiophene rings is 1. The number of benzene rings is 1. The predicted octanol–water partition coefficient (Wildman–Crippen LogP) is 2.98. The van der Waals surface area contributed by atoms with Gasteiger partial charge >= 0.3 is 5.97 Å². The number of carboxylic acid groups (broad SMARTS) is 1. The van der Waals surface area contributed by atoms with E-state index in [2.05, 4.69) is 0 Å². The number of ether oxygens (including phenoxy) is 2. The van der Waals surface area contributed by atoms with Gasteiger partial charge in [0.15, 0.2) is 11.5 Å². The smallest absolute Gasteiger partial charge is 0.308 e. The molecule has 3 heterocycles. The van der Waals surface area contributed by atoms with E-state index in [1.165, 1.54) is 11.3 Å². The molecule has 4 rings (SSSR count). The maximum atomic E-state index is 12.7. The van der Waals surface area contributed by atoms with Crippen molar-refractivity contribution in [2.45, 2.75) is 6.92 Å². The lowest BCUT2D eigenvalue weighted by Crippen LogP contribution is -2.29. The molecule has 1 amide bonds. The quantitative estimate of drug-likeness (QED) is 0.895. The third-order valence-electron chi connectivity index (χ3n) is 4.86. The Morgan fingerprint density at radius 2 is 1.88 bits per heavy atom. The van der Waals surface area contributed by atoms with Gasteiger partial charge in [-0.25, -0.2) is 0 Å². The number of hydrogen-bond donors (Lipinski definition) is 1. The van der Waals surface area contributed by atoms with E-state index >= 15 is 0 Å². The third kappa shape index (κ3) is 3.03. The van der Waals surface area contributed by atoms with Gasteiger partial charge in [0.1, 0.15) is 13.2 Å². The van der Waals surface area contributed by atoms with Gasteiger partial charge in [-0.3, -0.25) is 9.59 Å². The van der Waals surface area contributed by atoms with E-state index in [1.807, 2.05) is 31.2 Å². The van der Waals surface area contributed by atoms with Crippen LogP contribution >= 0.6 is 11.3 Å². The minimum absolute atomic E-state index is 0.0336. The van der Waals surface area contributed by atoms with Gasteiger partial charge in [-0.05, 0) is 41.8 Å². The van der Waals surface area contributed by atoms with Crippen molar-refractivity contribution in [1.82, 2.24) is 4.90 Å². The molecule has 1 N–H and O–H groups in total. The van der Waals surface area contributed by atoms with Gasteiger partial charge < -0.3 is 19.5 Å². The SMILES string of the molecule is C[C@@H]1CN(C(=O)c2ccc(-c3ccc4c(c3)OCCO4)s2)C[C@H]1C(=O)O. The van der Waals surface area contributed by atoms with Crippen LogP contribution in [0.15, 0.2) is 30.3 Å². The van der Waals surface area contributed by atoms with E-state index in [9.17, 15) is 14.7 Å². The highest BCUT2D eigenvalue weighted by atomic mass is 32.1. The van der Waals surface area contributed by atoms with Crippen molar-refractivity contribution in [3.63, 3.8) is 0 Å². The molecule has 26 heavy (non-hydrogen) atoms. The number of rotatable bonds is 3. The van der Waals surface area contributed by atoms with E-state index in [0.29, 0.717) is 30.4 Å². The van der Waals surface area contributed by atoms with Crippen LogP contribution in [0.5, 0.6) is 11.5 Å². The van der Waals surface area contributed by atoms with Crippen LogP contribution < -0.4 is 9.47 Å². The Morgan fingerprint density at radius 3 is 2.62 bits per heavy atom. The van der Waals surface area contributed by atoms with Gasteiger partial charge in [-0.1, -0.05) is 6.92 Å². The van der Waals surface area contributed by atoms with Gasteiger partial charge in [-0.2, -0.15) is 0 Å². The molecular formula is C19H19NO5S. The average molecular weight is 373 g/mol. The van der Waals surface area contributed by atoms with Crippen LogP contribution in [0.3, 0.4) is 0 Å². The third-order valence-corrected chi connectivity index (χ3v) is 5.98. The first-order valence-corrected chi connectivity index (χ1v) is 9.36. The summed E-state index contributed by atoms with van der Waals surface area (Å²) in [5, 5.41) is 9.25. The second kappa shape index (κ2) is 6.64. The summed E-state index contributed by atoms with van der Waals surface area (Å²) in [6, 6.07) is 9.47. The van der Waals surface area contributed by atoms with Crippen molar-refractivity contribution < 1.29 is 24.2 Å². The van der Waals surface area contributed by atoms with Crippen LogP contribution in [0.1, 0.15) is 16.6 Å². The van der Waals surface area contributed by atoms with Crippen molar-refractivity contribution in [1.29, 1.82) is 0 Å². The summed E-state index contributed by atoms with van der Waals surface area (Å²) in [4.78, 5) is 27.2. The van der Waals surface area contributed by atoms with Crippen molar-refractivity contribution >= 4 is 23.2 Å². The molecule has 7 heteroatoms. The predicted molar refractivity (Wildman–Crippen MR) is 96.9 cm³/mol. The second-order valence-electron chi connectivity index (χ2n) is 6.65. The number of carbonyl (C=O) groups is 2. The average Bonchev–Trinajstić information content (AvgIpc) is 3.28. The van der Waals surface area contributed by atoms with Crippen LogP contribution in [0.2, 0.25) is 0 Å². The standard InChI is InChI=1S/C19H19NO5S/c1-11-9-20(10-13(11)19(22)23)18(21)17-5-4-16(26-17)12-2-3-14-15(8-12)25-7-6-24-14/h2-5,8,11,13H,6-7,9-10H2,1H3,(H,22,23)/t11-,13-/m1/s1. The lowest BCUT2D eigenvalue weighted by Gasteiger charge is -2.18. The lowest BCUT2D eigenvalue weighted by molar-refractivity contribution is -0.142. The first-order valence-electron chi connectivity index (χ1n) is 8.55. The Labute approximate surface area is 155 Å². The van der Waals surface area contributed by atoms with Gasteiger partial charge in [0, 0.05) is 18.0 Å². The highest BCUT2D eigenvalue weighted by Gasteiger charge is 2.37. The minimum atomic E-state index is -0.837. The molecule has 6 nitrogen and oxygen atoms in total. The summed E-state index contributed by atoms with van der Waals surface area (Å²) in [5.74, 6) is -0.0125. The van der Waals surface area contributed by atoms with Crippen LogP contribution in [0, 0.1) is 11.8 Å². The fourth-order valence-corrected chi connectivity index (χ4v) is 4.38. The summed E-state index contributed by atoms with van der Waals surface area (Å²) in [7, 11) is 0. The van der Waals surface area contributed by atoms with E-state index in [0.717, 1.165) is 16.2 Å². The van der Waals surface area contributed by atoms with Crippen LogP contribution in [-0.2, 0) is 4.79 Å². The Balaban J connectivity index is 1.53. The molecule has 1 saturated heterocycles. The maximum absolute atomic E-state index is 12.7. The summed E-state index contributed by atoms with van der Waals surface area (Å²) in [5.41, 5.74) is 0.969. The minimum Gasteiger partial charge on any atom is -0.486 e. The molecule has 0 aliphatic carbocycles. The number of aliphatic carboxylic acids is 1. The first kappa shape index (κ1) is 16.9. The van der Waals surface area contributed by atoms with Crippen LogP contribution in [-0.4, -0.2) is 48.2 Å². The number of hydrogen-bond acceptors (Lipinski definition) is 5. The van der Waals surface area contributed by atoms with Gasteiger partial charge in [0.2, 0.25) is 0 Å². The largest absolute Gasteiger partial charge is 0.486 e. The molecule has 136 valence electrons. The normalized spacial score (nSPS) is 21.7. The Bertz CT molecular complexity index is 861. The number of likely N-dealkylation sites (tertiary alicyclic amines) is 1. The van der Waals surface area contributed by atoms with Crippen molar-refractivity contribution in [2.75, 3.05) is 26.3 Å². The molecule has 0 bridgehead atoms. The van der Waals surface area contributed by atoms with E-state index in [4.69, 9.17) is 9.47 Å². The zero-order chi connectivity index (χ0) is 18.3. The number of fused-ring (bicyclic) bond motifs is 1. The Morgan fingerprint density at radius 1 is 1.12 bits per heavy atom. The molecule has 2 aliphatic rings. The highest BCUT2D eigenvalue weighted by molar-refractivity contribution is 7.17. The van der Waals surface area contributed by atoms with Crippen molar-refractivity contribution in [2.24, 2.45) is 11.8 Å². The fourth-order valence-electron chi connectivity index (χ4n) is 3.41. The molecule has 0 unspecified atom stereocenters. The summed E-state index contributed by atoms with van der Waals surface area (Å²) >= 11 is 1.41. The second-order valence-corrected chi connectivity index (χ2v) is 7.74. The van der Waals surface area contributed by atoms with Crippen molar-refractivity contribution in [3.05, 3.63) is 35.2 Å². The van der Waals surface area contributed by atoms with E-state index < -0.39 is 11.9 Å². The van der Waals surface area contributed by atoms with Gasteiger partial charge in [-0.15, -0.1) is 11.3 Å². The fraction of sp³-hybridized carbons (Fsp3) is 0.368. The maximum Gasteiger partial charge on any atom is 0.308 e. The lowest BCUT2D eigenvalue weighted by atomic mass is 9.99. The molecule has 1 aromatic carbocycles. The zero-order valence-electron chi connectivity index (χ0n) is 14.3. The molecule has 1 aromatic heterocycles. The monoisotopic (exact) mass is 373 g/mol. The molecule has 0 saturated carbocycles. The Hall–Kier alpha value is -2.54.